The second-order valence-corrected chi connectivity index (χ2v) is 7.51. The average molecular weight is 537 g/mol. The summed E-state index contributed by atoms with van der Waals surface area (Å²) in [6.07, 6.45) is 4.60. The maximum absolute atomic E-state index is 10.7. The topological polar surface area (TPSA) is 87.6 Å². The van der Waals surface area contributed by atoms with Gasteiger partial charge >= 0.3 is 0 Å². The van der Waals surface area contributed by atoms with E-state index in [1.54, 1.807) is 13.0 Å². The lowest BCUT2D eigenvalue weighted by molar-refractivity contribution is 0.0428. The van der Waals surface area contributed by atoms with Crippen LogP contribution < -0.4 is 10.6 Å². The van der Waals surface area contributed by atoms with Gasteiger partial charge in [0.2, 0.25) is 0 Å². The van der Waals surface area contributed by atoms with Gasteiger partial charge in [-0.1, -0.05) is 30.3 Å². The standard InChI is InChI=1S/C23H31N5O2.HI/c1-4-24-22(27-17-23(3,29)20-11-10-18(2)30-20)26-13-12-21-25-14-15-28(21)16-19-8-6-5-7-9-19;/h5-11,14-15,29H,4,12-13,16-17H2,1-3H3,(H2,24,26,27);1H. The van der Waals surface area contributed by atoms with Crippen molar-refractivity contribution in [3.8, 4) is 0 Å². The van der Waals surface area contributed by atoms with Crippen LogP contribution in [0.1, 0.15) is 36.8 Å². The fourth-order valence-electron chi connectivity index (χ4n) is 3.16. The van der Waals surface area contributed by atoms with E-state index in [1.165, 1.54) is 5.56 Å². The largest absolute Gasteiger partial charge is 0.463 e. The number of furan rings is 1. The molecule has 0 spiro atoms. The van der Waals surface area contributed by atoms with Crippen molar-refractivity contribution in [1.29, 1.82) is 0 Å². The summed E-state index contributed by atoms with van der Waals surface area (Å²) in [4.78, 5) is 9.03. The van der Waals surface area contributed by atoms with Gasteiger partial charge in [0.05, 0.1) is 6.54 Å². The fraction of sp³-hybridized carbons (Fsp3) is 0.391. The third kappa shape index (κ3) is 7.39. The Kier molecular flexibility index (Phi) is 9.57. The van der Waals surface area contributed by atoms with Gasteiger partial charge in [0.1, 0.15) is 22.9 Å². The van der Waals surface area contributed by atoms with Crippen LogP contribution in [0.15, 0.2) is 64.3 Å². The molecule has 1 aromatic carbocycles. The molecule has 0 saturated heterocycles. The van der Waals surface area contributed by atoms with Crippen LogP contribution in [-0.4, -0.2) is 40.3 Å². The van der Waals surface area contributed by atoms with Crippen molar-refractivity contribution in [2.24, 2.45) is 4.99 Å². The molecule has 31 heavy (non-hydrogen) atoms. The number of rotatable bonds is 9. The number of hydrogen-bond acceptors (Lipinski definition) is 4. The first-order chi connectivity index (χ1) is 14.5. The molecule has 168 valence electrons. The molecular weight excluding hydrogens is 505 g/mol. The Hall–Kier alpha value is -2.33. The zero-order chi connectivity index (χ0) is 21.4. The molecule has 3 rings (SSSR count). The van der Waals surface area contributed by atoms with E-state index in [9.17, 15) is 5.11 Å². The number of hydrogen-bond donors (Lipinski definition) is 3. The fourth-order valence-corrected chi connectivity index (χ4v) is 3.16. The quantitative estimate of drug-likeness (QED) is 0.221. The smallest absolute Gasteiger partial charge is 0.191 e. The van der Waals surface area contributed by atoms with Crippen molar-refractivity contribution >= 4 is 29.9 Å². The van der Waals surface area contributed by atoms with E-state index in [1.807, 2.05) is 50.5 Å². The number of aliphatic imine (C=N–C) groups is 1. The van der Waals surface area contributed by atoms with Crippen molar-refractivity contribution in [1.82, 2.24) is 20.2 Å². The number of aliphatic hydroxyl groups is 1. The van der Waals surface area contributed by atoms with Crippen LogP contribution >= 0.6 is 24.0 Å². The van der Waals surface area contributed by atoms with Crippen LogP contribution in [0.5, 0.6) is 0 Å². The van der Waals surface area contributed by atoms with E-state index in [0.29, 0.717) is 18.3 Å². The zero-order valence-corrected chi connectivity index (χ0v) is 20.7. The molecule has 3 N–H and O–H groups in total. The van der Waals surface area contributed by atoms with Crippen molar-refractivity contribution < 1.29 is 9.52 Å². The van der Waals surface area contributed by atoms with Gasteiger partial charge in [0.25, 0.3) is 0 Å². The first-order valence-corrected chi connectivity index (χ1v) is 10.3. The number of imidazole rings is 1. The normalized spacial score (nSPS) is 13.4. The van der Waals surface area contributed by atoms with E-state index in [0.717, 1.165) is 31.1 Å². The molecule has 2 heterocycles. The lowest BCUT2D eigenvalue weighted by atomic mass is 10.0. The van der Waals surface area contributed by atoms with Gasteiger partial charge in [-0.3, -0.25) is 0 Å². The minimum absolute atomic E-state index is 0. The molecule has 0 amide bonds. The van der Waals surface area contributed by atoms with E-state index in [2.05, 4.69) is 37.3 Å². The highest BCUT2D eigenvalue weighted by Gasteiger charge is 2.26. The lowest BCUT2D eigenvalue weighted by Crippen LogP contribution is -2.40. The summed E-state index contributed by atoms with van der Waals surface area (Å²) in [5.41, 5.74) is 0.0812. The van der Waals surface area contributed by atoms with Crippen LogP contribution in [-0.2, 0) is 18.6 Å². The highest BCUT2D eigenvalue weighted by Crippen LogP contribution is 2.23. The lowest BCUT2D eigenvalue weighted by Gasteiger charge is -2.19. The summed E-state index contributed by atoms with van der Waals surface area (Å²) in [6.45, 7) is 7.98. The summed E-state index contributed by atoms with van der Waals surface area (Å²) in [7, 11) is 0. The van der Waals surface area contributed by atoms with Gasteiger partial charge in [0.15, 0.2) is 5.96 Å². The highest BCUT2D eigenvalue weighted by molar-refractivity contribution is 14.0. The Morgan fingerprint density at radius 2 is 1.97 bits per heavy atom. The van der Waals surface area contributed by atoms with Crippen molar-refractivity contribution in [3.05, 3.63) is 77.8 Å². The number of aryl methyl sites for hydroxylation is 1. The number of aromatic nitrogens is 2. The summed E-state index contributed by atoms with van der Waals surface area (Å²) in [6, 6.07) is 14.0. The van der Waals surface area contributed by atoms with E-state index >= 15 is 0 Å². The third-order valence-corrected chi connectivity index (χ3v) is 4.80. The Morgan fingerprint density at radius 1 is 1.19 bits per heavy atom. The molecule has 1 unspecified atom stereocenters. The predicted molar refractivity (Wildman–Crippen MR) is 134 cm³/mol. The van der Waals surface area contributed by atoms with Crippen LogP contribution in [0.2, 0.25) is 0 Å². The van der Waals surface area contributed by atoms with Crippen LogP contribution in [0.3, 0.4) is 0 Å². The Morgan fingerprint density at radius 3 is 2.65 bits per heavy atom. The molecule has 0 radical (unpaired) electrons. The van der Waals surface area contributed by atoms with Crippen molar-refractivity contribution in [3.63, 3.8) is 0 Å². The summed E-state index contributed by atoms with van der Waals surface area (Å²) in [5, 5.41) is 17.2. The molecule has 2 aromatic heterocycles. The molecule has 3 aromatic rings. The number of nitrogens with zero attached hydrogens (tertiary/aromatic N) is 3. The second-order valence-electron chi connectivity index (χ2n) is 7.51. The first-order valence-electron chi connectivity index (χ1n) is 10.3. The Bertz CT molecular complexity index is 950. The van der Waals surface area contributed by atoms with Crippen LogP contribution in [0, 0.1) is 6.92 Å². The second kappa shape index (κ2) is 11.9. The van der Waals surface area contributed by atoms with Crippen LogP contribution in [0.4, 0.5) is 0 Å². The van der Waals surface area contributed by atoms with Crippen LogP contribution in [0.25, 0.3) is 0 Å². The SMILES string of the molecule is CCNC(=NCC(C)(O)c1ccc(C)o1)NCCc1nccn1Cc1ccccc1.I. The summed E-state index contributed by atoms with van der Waals surface area (Å²) < 4.78 is 7.72. The molecule has 0 aliphatic rings. The molecule has 1 atom stereocenters. The summed E-state index contributed by atoms with van der Waals surface area (Å²) >= 11 is 0. The summed E-state index contributed by atoms with van der Waals surface area (Å²) in [5.74, 6) is 2.95. The number of benzene rings is 1. The molecule has 0 aliphatic heterocycles. The first kappa shape index (κ1) is 24.9. The number of halogens is 1. The molecular formula is C23H32IN5O2. The van der Waals surface area contributed by atoms with Crippen molar-refractivity contribution in [2.75, 3.05) is 19.6 Å². The Balaban J connectivity index is 0.00000341. The van der Waals surface area contributed by atoms with Gasteiger partial charge in [-0.05, 0) is 38.5 Å². The molecule has 8 heteroatoms. The van der Waals surface area contributed by atoms with E-state index in [4.69, 9.17) is 4.42 Å². The van der Waals surface area contributed by atoms with Crippen molar-refractivity contribution in [2.45, 2.75) is 39.3 Å². The van der Waals surface area contributed by atoms with Gasteiger partial charge in [-0.2, -0.15) is 0 Å². The van der Waals surface area contributed by atoms with Gasteiger partial charge < -0.3 is 24.7 Å². The third-order valence-electron chi connectivity index (χ3n) is 4.80. The molecule has 0 fully saturated rings. The minimum Gasteiger partial charge on any atom is -0.463 e. The highest BCUT2D eigenvalue weighted by atomic mass is 127. The van der Waals surface area contributed by atoms with Gasteiger partial charge in [-0.25, -0.2) is 9.98 Å². The molecule has 0 aliphatic carbocycles. The van der Waals surface area contributed by atoms with Gasteiger partial charge in [0, 0.05) is 38.4 Å². The van der Waals surface area contributed by atoms with E-state index < -0.39 is 5.60 Å². The maximum Gasteiger partial charge on any atom is 0.191 e. The predicted octanol–water partition coefficient (Wildman–Crippen LogP) is 3.46. The maximum atomic E-state index is 10.7. The number of guanidine groups is 1. The van der Waals surface area contributed by atoms with E-state index in [-0.39, 0.29) is 30.5 Å². The van der Waals surface area contributed by atoms with Gasteiger partial charge in [-0.15, -0.1) is 24.0 Å². The minimum atomic E-state index is -1.16. The molecule has 7 nitrogen and oxygen atoms in total. The average Bonchev–Trinajstić information content (AvgIpc) is 3.36. The zero-order valence-electron chi connectivity index (χ0n) is 18.3. The molecule has 0 saturated carbocycles. The Labute approximate surface area is 201 Å². The number of nitrogens with one attached hydrogen (secondary N) is 2. The monoisotopic (exact) mass is 537 g/mol. The molecule has 0 bridgehead atoms.